The summed E-state index contributed by atoms with van der Waals surface area (Å²) in [5, 5.41) is 4.92. The molecule has 1 aromatic carbocycles. The van der Waals surface area contributed by atoms with Gasteiger partial charge >= 0.3 is 0 Å². The lowest BCUT2D eigenvalue weighted by Gasteiger charge is -2.22. The normalized spacial score (nSPS) is 13.1. The van der Waals surface area contributed by atoms with Crippen molar-refractivity contribution in [3.63, 3.8) is 0 Å². The second-order valence-corrected chi connectivity index (χ2v) is 5.92. The van der Waals surface area contributed by atoms with Gasteiger partial charge in [-0.2, -0.15) is 0 Å². The molecule has 20 heavy (non-hydrogen) atoms. The lowest BCUT2D eigenvalue weighted by molar-refractivity contribution is 0.440. The molecule has 0 aliphatic heterocycles. The quantitative estimate of drug-likeness (QED) is 0.817. The molecule has 0 amide bonds. The second kappa shape index (κ2) is 6.85. The van der Waals surface area contributed by atoms with Crippen LogP contribution in [0.15, 0.2) is 30.3 Å². The molecule has 0 saturated carbocycles. The Morgan fingerprint density at radius 3 is 2.65 bits per heavy atom. The van der Waals surface area contributed by atoms with E-state index in [2.05, 4.69) is 61.4 Å². The van der Waals surface area contributed by atoms with Crippen molar-refractivity contribution in [2.75, 3.05) is 0 Å². The van der Waals surface area contributed by atoms with Crippen molar-refractivity contribution in [2.45, 2.75) is 59.0 Å². The Labute approximate surface area is 122 Å². The Kier molecular flexibility index (Phi) is 5.13. The van der Waals surface area contributed by atoms with Gasteiger partial charge in [-0.3, -0.25) is 4.98 Å². The van der Waals surface area contributed by atoms with E-state index in [1.807, 2.05) is 6.92 Å². The van der Waals surface area contributed by atoms with Crippen molar-refractivity contribution in [2.24, 2.45) is 0 Å². The minimum Gasteiger partial charge on any atom is -0.308 e. The SMILES string of the molecule is CCCCC(NC(C)C)c1ccc2nc(C)ccc2c1. The largest absolute Gasteiger partial charge is 0.308 e. The van der Waals surface area contributed by atoms with Crippen LogP contribution < -0.4 is 5.32 Å². The van der Waals surface area contributed by atoms with Crippen molar-refractivity contribution in [3.05, 3.63) is 41.6 Å². The van der Waals surface area contributed by atoms with E-state index in [1.54, 1.807) is 0 Å². The monoisotopic (exact) mass is 270 g/mol. The number of nitrogens with zero attached hydrogens (tertiary/aromatic N) is 1. The van der Waals surface area contributed by atoms with Gasteiger partial charge < -0.3 is 5.32 Å². The third kappa shape index (κ3) is 3.80. The van der Waals surface area contributed by atoms with Gasteiger partial charge in [-0.25, -0.2) is 0 Å². The Bertz CT molecular complexity index is 560. The molecule has 2 nitrogen and oxygen atoms in total. The Morgan fingerprint density at radius 1 is 1.15 bits per heavy atom. The van der Waals surface area contributed by atoms with Gasteiger partial charge in [-0.1, -0.05) is 45.7 Å². The summed E-state index contributed by atoms with van der Waals surface area (Å²) in [5.74, 6) is 0. The van der Waals surface area contributed by atoms with E-state index in [4.69, 9.17) is 0 Å². The van der Waals surface area contributed by atoms with Crippen LogP contribution in [0.5, 0.6) is 0 Å². The minimum absolute atomic E-state index is 0.445. The first-order valence-corrected chi connectivity index (χ1v) is 7.73. The van der Waals surface area contributed by atoms with Gasteiger partial charge in [0.25, 0.3) is 0 Å². The van der Waals surface area contributed by atoms with E-state index in [0.717, 1.165) is 11.2 Å². The highest BCUT2D eigenvalue weighted by atomic mass is 14.9. The van der Waals surface area contributed by atoms with Crippen molar-refractivity contribution >= 4 is 10.9 Å². The number of hydrogen-bond donors (Lipinski definition) is 1. The van der Waals surface area contributed by atoms with Gasteiger partial charge in [0.05, 0.1) is 5.52 Å². The van der Waals surface area contributed by atoms with Crippen molar-refractivity contribution in [1.82, 2.24) is 10.3 Å². The highest BCUT2D eigenvalue weighted by Gasteiger charge is 2.12. The summed E-state index contributed by atoms with van der Waals surface area (Å²) in [4.78, 5) is 4.58. The molecule has 1 aromatic heterocycles. The lowest BCUT2D eigenvalue weighted by atomic mass is 9.98. The van der Waals surface area contributed by atoms with Crippen LogP contribution >= 0.6 is 0 Å². The molecule has 0 saturated heterocycles. The van der Waals surface area contributed by atoms with Crippen molar-refractivity contribution < 1.29 is 0 Å². The molecule has 2 aromatic rings. The molecule has 2 rings (SSSR count). The number of aromatic nitrogens is 1. The molecule has 108 valence electrons. The van der Waals surface area contributed by atoms with Crippen LogP contribution in [0.3, 0.4) is 0 Å². The number of rotatable bonds is 6. The molecular formula is C18H26N2. The molecule has 0 fully saturated rings. The topological polar surface area (TPSA) is 24.9 Å². The van der Waals surface area contributed by atoms with Crippen LogP contribution in [0.1, 0.15) is 57.3 Å². The Balaban J connectivity index is 2.29. The molecule has 1 atom stereocenters. The van der Waals surface area contributed by atoms with Gasteiger partial charge in [0.15, 0.2) is 0 Å². The molecule has 0 aliphatic carbocycles. The first kappa shape index (κ1) is 15.0. The summed E-state index contributed by atoms with van der Waals surface area (Å²) in [5.41, 5.74) is 3.55. The van der Waals surface area contributed by atoms with Crippen molar-refractivity contribution in [1.29, 1.82) is 0 Å². The molecule has 1 unspecified atom stereocenters. The average Bonchev–Trinajstić information content (AvgIpc) is 2.42. The summed E-state index contributed by atoms with van der Waals surface area (Å²) in [6.45, 7) is 8.72. The summed E-state index contributed by atoms with van der Waals surface area (Å²) >= 11 is 0. The van der Waals surface area contributed by atoms with Crippen LogP contribution in [-0.2, 0) is 0 Å². The van der Waals surface area contributed by atoms with Crippen LogP contribution in [0.2, 0.25) is 0 Å². The molecule has 0 aliphatic rings. The number of fused-ring (bicyclic) bond motifs is 1. The van der Waals surface area contributed by atoms with E-state index in [-0.39, 0.29) is 0 Å². The van der Waals surface area contributed by atoms with E-state index >= 15 is 0 Å². The molecule has 0 bridgehead atoms. The minimum atomic E-state index is 0.445. The highest BCUT2D eigenvalue weighted by Crippen LogP contribution is 2.24. The number of hydrogen-bond acceptors (Lipinski definition) is 2. The maximum Gasteiger partial charge on any atom is 0.0705 e. The third-order valence-corrected chi connectivity index (χ3v) is 3.64. The summed E-state index contributed by atoms with van der Waals surface area (Å²) < 4.78 is 0. The molecule has 0 spiro atoms. The smallest absolute Gasteiger partial charge is 0.0705 e. The van der Waals surface area contributed by atoms with Gasteiger partial charge in [-0.05, 0) is 37.1 Å². The Morgan fingerprint density at radius 2 is 1.95 bits per heavy atom. The number of benzene rings is 1. The van der Waals surface area contributed by atoms with Gasteiger partial charge in [0.2, 0.25) is 0 Å². The number of pyridine rings is 1. The van der Waals surface area contributed by atoms with Gasteiger partial charge in [0.1, 0.15) is 0 Å². The highest BCUT2D eigenvalue weighted by molar-refractivity contribution is 5.79. The predicted octanol–water partition coefficient (Wildman–Crippen LogP) is 4.77. The standard InChI is InChI=1S/C18H26N2/c1-5-6-7-17(19-13(2)3)16-10-11-18-15(12-16)9-8-14(4)20-18/h8-13,17,19H,5-7H2,1-4H3. The third-order valence-electron chi connectivity index (χ3n) is 3.64. The lowest BCUT2D eigenvalue weighted by Crippen LogP contribution is -2.28. The van der Waals surface area contributed by atoms with Crippen LogP contribution in [0.4, 0.5) is 0 Å². The van der Waals surface area contributed by atoms with E-state index in [0.29, 0.717) is 12.1 Å². The summed E-state index contributed by atoms with van der Waals surface area (Å²) in [7, 11) is 0. The van der Waals surface area contributed by atoms with Crippen LogP contribution in [0.25, 0.3) is 10.9 Å². The van der Waals surface area contributed by atoms with Crippen molar-refractivity contribution in [3.8, 4) is 0 Å². The number of nitrogens with one attached hydrogen (secondary N) is 1. The maximum absolute atomic E-state index is 4.58. The molecular weight excluding hydrogens is 244 g/mol. The molecule has 1 N–H and O–H groups in total. The fraction of sp³-hybridized carbons (Fsp3) is 0.500. The Hall–Kier alpha value is -1.41. The number of aryl methyl sites for hydroxylation is 1. The van der Waals surface area contributed by atoms with E-state index in [1.165, 1.54) is 30.2 Å². The summed E-state index contributed by atoms with van der Waals surface area (Å²) in [6.07, 6.45) is 3.69. The van der Waals surface area contributed by atoms with E-state index < -0.39 is 0 Å². The van der Waals surface area contributed by atoms with Gasteiger partial charge in [-0.15, -0.1) is 0 Å². The second-order valence-electron chi connectivity index (χ2n) is 5.92. The zero-order valence-electron chi connectivity index (χ0n) is 13.1. The number of unbranched alkanes of at least 4 members (excludes halogenated alkanes) is 1. The fourth-order valence-corrected chi connectivity index (χ4v) is 2.62. The van der Waals surface area contributed by atoms with Crippen LogP contribution in [-0.4, -0.2) is 11.0 Å². The zero-order chi connectivity index (χ0) is 14.5. The van der Waals surface area contributed by atoms with Crippen LogP contribution in [0, 0.1) is 6.92 Å². The molecule has 1 heterocycles. The summed E-state index contributed by atoms with van der Waals surface area (Å²) in [6, 6.07) is 11.9. The molecule has 2 heteroatoms. The van der Waals surface area contributed by atoms with E-state index in [9.17, 15) is 0 Å². The first-order valence-electron chi connectivity index (χ1n) is 7.73. The zero-order valence-corrected chi connectivity index (χ0v) is 13.1. The predicted molar refractivity (Wildman–Crippen MR) is 87.0 cm³/mol. The molecule has 0 radical (unpaired) electrons. The average molecular weight is 270 g/mol. The fourth-order valence-electron chi connectivity index (χ4n) is 2.62. The van der Waals surface area contributed by atoms with Gasteiger partial charge in [0, 0.05) is 23.2 Å². The first-order chi connectivity index (χ1) is 9.60. The maximum atomic E-state index is 4.58.